The van der Waals surface area contributed by atoms with Crippen LogP contribution in [0.15, 0.2) is 0 Å². The Bertz CT molecular complexity index is 2090. The van der Waals surface area contributed by atoms with Crippen LogP contribution in [0, 0.1) is 0 Å². The normalized spacial score (nSPS) is 13.7. The second-order valence-corrected chi connectivity index (χ2v) is 15.9. The van der Waals surface area contributed by atoms with E-state index in [1.54, 1.807) is 0 Å². The van der Waals surface area contributed by atoms with Gasteiger partial charge in [0.05, 0.1) is 52.4 Å². The Morgan fingerprint density at radius 2 is 0.411 bits per heavy atom. The van der Waals surface area contributed by atoms with Crippen LogP contribution >= 0.6 is 0 Å². The SMILES string of the molecule is C[C@H](NC(=O)CNC(=O)[C@H](C)NC(=O)CNC(=O)[C@H](C)NC(=O)CNC(=O)[C@H](C)NC(=O)CNC(=O)[C@H](C)NC(=O)CNC(=O)[C@H](C)NC(=O)CNC(=O)[C@H](C)NC(=O)CNC(=O)[C@H](C)NC(=O)CN)C(=O)O. The molecule has 0 unspecified atom stereocenters. The van der Waals surface area contributed by atoms with E-state index in [2.05, 4.69) is 79.8 Å². The van der Waals surface area contributed by atoms with E-state index in [9.17, 15) is 76.7 Å². The van der Waals surface area contributed by atoms with Crippen molar-refractivity contribution in [2.75, 3.05) is 52.4 Å². The molecule has 8 atom stereocenters. The summed E-state index contributed by atoms with van der Waals surface area (Å²) in [7, 11) is 0. The number of carboxylic acid groups (broad SMARTS) is 1. The number of carboxylic acids is 1. The Morgan fingerprint density at radius 3 is 0.548 bits per heavy atom. The van der Waals surface area contributed by atoms with E-state index >= 15 is 0 Å². The Labute approximate surface area is 417 Å². The number of aliphatic carboxylic acids is 1. The molecule has 0 rings (SSSR count). The second kappa shape index (κ2) is 33.1. The summed E-state index contributed by atoms with van der Waals surface area (Å²) in [5.74, 6) is -13.1. The van der Waals surface area contributed by atoms with Gasteiger partial charge in [-0.2, -0.15) is 0 Å². The summed E-state index contributed by atoms with van der Waals surface area (Å²) in [6.45, 7) is 5.64. The lowest BCUT2D eigenvalue weighted by molar-refractivity contribution is -0.141. The van der Waals surface area contributed by atoms with Crippen LogP contribution in [0.3, 0.4) is 0 Å². The summed E-state index contributed by atoms with van der Waals surface area (Å²) in [5, 5.41) is 42.6. The standard InChI is InChI=1S/C40H66N16O17/c1-17(49-25(57)9-41)33(65)42-10-26(58)50-18(2)34(66)43-11-27(59)51-19(3)35(67)44-12-28(60)52-20(4)36(68)45-13-29(61)53-21(5)37(69)46-14-30(62)54-22(6)38(70)47-15-31(63)55-23(7)39(71)48-16-32(64)56-24(8)40(72)73/h17-24H,9-16,41H2,1-8H3,(H,42,65)(H,43,66)(H,44,67)(H,45,68)(H,46,69)(H,47,70)(H,48,71)(H,49,57)(H,50,58)(H,51,59)(H,52,60)(H,53,61)(H,54,62)(H,55,63)(H,56,64)(H,72,73)/t17-,18-,19-,20-,21-,22-,23-,24-/m0/s1. The highest BCUT2D eigenvalue weighted by molar-refractivity contribution is 5.97. The molecule has 0 radical (unpaired) electrons. The van der Waals surface area contributed by atoms with E-state index in [4.69, 9.17) is 10.8 Å². The van der Waals surface area contributed by atoms with Crippen molar-refractivity contribution in [1.29, 1.82) is 0 Å². The second-order valence-electron chi connectivity index (χ2n) is 15.9. The topological polar surface area (TPSA) is 500 Å². The van der Waals surface area contributed by atoms with Gasteiger partial charge in [0.15, 0.2) is 0 Å². The molecule has 18 N–H and O–H groups in total. The number of rotatable bonds is 31. The van der Waals surface area contributed by atoms with Gasteiger partial charge in [-0.3, -0.25) is 76.7 Å². The molecule has 0 bridgehead atoms. The number of carbonyl (C=O) groups is 16. The molecule has 408 valence electrons. The molecule has 0 spiro atoms. The summed E-state index contributed by atoms with van der Waals surface area (Å²) >= 11 is 0. The quantitative estimate of drug-likeness (QED) is 0.0307. The molecule has 0 aliphatic heterocycles. The zero-order chi connectivity index (χ0) is 56.1. The van der Waals surface area contributed by atoms with Crippen LogP contribution in [0.5, 0.6) is 0 Å². The van der Waals surface area contributed by atoms with Gasteiger partial charge in [0, 0.05) is 0 Å². The van der Waals surface area contributed by atoms with Crippen LogP contribution in [0.4, 0.5) is 0 Å². The van der Waals surface area contributed by atoms with Crippen molar-refractivity contribution in [3.63, 3.8) is 0 Å². The first-order valence-electron chi connectivity index (χ1n) is 22.2. The number of amides is 15. The molecular formula is C40H66N16O17. The molecule has 0 aromatic rings. The molecule has 0 aliphatic carbocycles. The van der Waals surface area contributed by atoms with Gasteiger partial charge in [0.2, 0.25) is 88.6 Å². The molecule has 0 aliphatic rings. The molecule has 0 heterocycles. The zero-order valence-corrected chi connectivity index (χ0v) is 41.3. The summed E-state index contributed by atoms with van der Waals surface area (Å²) < 4.78 is 0. The summed E-state index contributed by atoms with van der Waals surface area (Å²) in [4.78, 5) is 194. The van der Waals surface area contributed by atoms with Crippen molar-refractivity contribution in [3.05, 3.63) is 0 Å². The largest absolute Gasteiger partial charge is 0.480 e. The van der Waals surface area contributed by atoms with Crippen molar-refractivity contribution in [2.45, 2.75) is 104 Å². The Balaban J connectivity index is 4.51. The van der Waals surface area contributed by atoms with E-state index in [-0.39, 0.29) is 6.54 Å². The van der Waals surface area contributed by atoms with E-state index in [1.807, 2.05) is 0 Å². The smallest absolute Gasteiger partial charge is 0.325 e. The number of carbonyl (C=O) groups excluding carboxylic acids is 15. The predicted octanol–water partition coefficient (Wildman–Crippen LogP) is -11.1. The fourth-order valence-electron chi connectivity index (χ4n) is 5.11. The van der Waals surface area contributed by atoms with Gasteiger partial charge in [-0.05, 0) is 55.4 Å². The Morgan fingerprint density at radius 1 is 0.274 bits per heavy atom. The van der Waals surface area contributed by atoms with Gasteiger partial charge in [0.25, 0.3) is 0 Å². The number of hydrogen-bond acceptors (Lipinski definition) is 17. The number of nitrogens with two attached hydrogens (primary N) is 1. The van der Waals surface area contributed by atoms with Gasteiger partial charge in [-0.1, -0.05) is 0 Å². The van der Waals surface area contributed by atoms with Crippen molar-refractivity contribution in [3.8, 4) is 0 Å². The molecule has 0 saturated heterocycles. The third kappa shape index (κ3) is 28.1. The molecule has 15 amide bonds. The third-order valence-corrected chi connectivity index (χ3v) is 9.29. The van der Waals surface area contributed by atoms with Crippen molar-refractivity contribution < 1.29 is 81.8 Å². The molecule has 0 fully saturated rings. The van der Waals surface area contributed by atoms with Crippen molar-refractivity contribution in [2.24, 2.45) is 5.73 Å². The minimum Gasteiger partial charge on any atom is -0.480 e. The first kappa shape index (κ1) is 64.5. The van der Waals surface area contributed by atoms with Crippen LogP contribution in [0.1, 0.15) is 55.4 Å². The van der Waals surface area contributed by atoms with Crippen LogP contribution in [-0.2, 0) is 76.7 Å². The first-order valence-corrected chi connectivity index (χ1v) is 22.2. The molecular weight excluding hydrogens is 977 g/mol. The maximum Gasteiger partial charge on any atom is 0.325 e. The summed E-state index contributed by atoms with van der Waals surface area (Å²) in [6.07, 6.45) is 0. The molecule has 33 nitrogen and oxygen atoms in total. The maximum absolute atomic E-state index is 12.5. The predicted molar refractivity (Wildman–Crippen MR) is 249 cm³/mol. The fourth-order valence-corrected chi connectivity index (χ4v) is 5.11. The fraction of sp³-hybridized carbons (Fsp3) is 0.600. The Kier molecular flexibility index (Phi) is 29.3. The van der Waals surface area contributed by atoms with Crippen LogP contribution < -0.4 is 85.5 Å². The monoisotopic (exact) mass is 1040 g/mol. The average Bonchev–Trinajstić information content (AvgIpc) is 3.32. The lowest BCUT2D eigenvalue weighted by Gasteiger charge is -2.18. The number of nitrogens with one attached hydrogen (secondary N) is 15. The Hall–Kier alpha value is -8.52. The maximum atomic E-state index is 12.5. The van der Waals surface area contributed by atoms with E-state index in [0.717, 1.165) is 0 Å². The minimum atomic E-state index is -1.29. The third-order valence-electron chi connectivity index (χ3n) is 9.29. The van der Waals surface area contributed by atoms with Gasteiger partial charge in [0.1, 0.15) is 48.3 Å². The molecule has 73 heavy (non-hydrogen) atoms. The van der Waals surface area contributed by atoms with Gasteiger partial charge in [-0.15, -0.1) is 0 Å². The summed E-state index contributed by atoms with van der Waals surface area (Å²) in [5.41, 5.74) is 5.16. The lowest BCUT2D eigenvalue weighted by atomic mass is 10.2. The lowest BCUT2D eigenvalue weighted by Crippen LogP contribution is -2.54. The highest BCUT2D eigenvalue weighted by atomic mass is 16.4. The van der Waals surface area contributed by atoms with E-state index in [1.165, 1.54) is 55.4 Å². The van der Waals surface area contributed by atoms with Crippen molar-refractivity contribution in [1.82, 2.24) is 79.8 Å². The first-order chi connectivity index (χ1) is 34.0. The van der Waals surface area contributed by atoms with Crippen LogP contribution in [-0.4, -0.2) is 200 Å². The number of hydrogen-bond donors (Lipinski definition) is 17. The highest BCUT2D eigenvalue weighted by Crippen LogP contribution is 1.91. The molecule has 33 heteroatoms. The molecule has 0 saturated carbocycles. The van der Waals surface area contributed by atoms with Crippen LogP contribution in [0.2, 0.25) is 0 Å². The van der Waals surface area contributed by atoms with E-state index < -0.39 is 189 Å². The minimum absolute atomic E-state index is 0.341. The van der Waals surface area contributed by atoms with Gasteiger partial charge in [-0.25, -0.2) is 0 Å². The zero-order valence-electron chi connectivity index (χ0n) is 41.3. The summed E-state index contributed by atoms with van der Waals surface area (Å²) in [6, 6.07) is -9.33. The highest BCUT2D eigenvalue weighted by Gasteiger charge is 2.25. The van der Waals surface area contributed by atoms with Crippen LogP contribution in [0.25, 0.3) is 0 Å². The van der Waals surface area contributed by atoms with Gasteiger partial charge < -0.3 is 90.6 Å². The van der Waals surface area contributed by atoms with E-state index in [0.29, 0.717) is 0 Å². The van der Waals surface area contributed by atoms with Crippen molar-refractivity contribution >= 4 is 94.6 Å². The average molecular weight is 1040 g/mol. The van der Waals surface area contributed by atoms with Gasteiger partial charge >= 0.3 is 5.97 Å². The molecule has 0 aromatic heterocycles. The molecule has 0 aromatic carbocycles.